The third kappa shape index (κ3) is 2.78. The van der Waals surface area contributed by atoms with Crippen molar-refractivity contribution in [1.82, 2.24) is 4.98 Å². The van der Waals surface area contributed by atoms with Crippen LogP contribution < -0.4 is 16.2 Å². The van der Waals surface area contributed by atoms with Crippen molar-refractivity contribution in [3.8, 4) is 11.5 Å². The molecule has 92 valence electrons. The van der Waals surface area contributed by atoms with Gasteiger partial charge in [0, 0.05) is 16.2 Å². The molecule has 1 aromatic heterocycles. The van der Waals surface area contributed by atoms with Gasteiger partial charge in [0.05, 0.1) is 11.9 Å². The van der Waals surface area contributed by atoms with E-state index < -0.39 is 5.91 Å². The molecule has 0 bridgehead atoms. The van der Waals surface area contributed by atoms with Crippen LogP contribution in [0.25, 0.3) is 0 Å². The molecule has 0 saturated carbocycles. The summed E-state index contributed by atoms with van der Waals surface area (Å²) in [4.78, 5) is 14.9. The van der Waals surface area contributed by atoms with Crippen molar-refractivity contribution in [2.75, 3.05) is 5.73 Å². The number of rotatable bonds is 3. The highest BCUT2D eigenvalue weighted by atomic mass is 79.9. The molecule has 6 heteroatoms. The van der Waals surface area contributed by atoms with Gasteiger partial charge in [-0.2, -0.15) is 0 Å². The number of nitrogens with zero attached hydrogens (tertiary/aromatic N) is 1. The van der Waals surface area contributed by atoms with Gasteiger partial charge in [-0.15, -0.1) is 0 Å². The molecule has 5 nitrogen and oxygen atoms in total. The molecule has 2 aromatic rings. The number of nitrogens with two attached hydrogens (primary N) is 2. The fourth-order valence-corrected chi connectivity index (χ4v) is 1.71. The molecule has 0 unspecified atom stereocenters. The average Bonchev–Trinajstić information content (AvgIpc) is 2.31. The summed E-state index contributed by atoms with van der Waals surface area (Å²) in [6.07, 6.45) is 3.21. The Kier molecular flexibility index (Phi) is 3.47. The Balaban J connectivity index is 2.27. The average molecular weight is 308 g/mol. The van der Waals surface area contributed by atoms with Crippen LogP contribution in [0, 0.1) is 0 Å². The van der Waals surface area contributed by atoms with Crippen LogP contribution in [0.4, 0.5) is 5.69 Å². The lowest BCUT2D eigenvalue weighted by atomic mass is 10.2. The highest BCUT2D eigenvalue weighted by molar-refractivity contribution is 9.10. The van der Waals surface area contributed by atoms with Crippen LogP contribution in [0.1, 0.15) is 10.4 Å². The first-order chi connectivity index (χ1) is 8.56. The van der Waals surface area contributed by atoms with Crippen LogP contribution in [0.15, 0.2) is 41.1 Å². The summed E-state index contributed by atoms with van der Waals surface area (Å²) in [5, 5.41) is 0. The van der Waals surface area contributed by atoms with Gasteiger partial charge in [-0.1, -0.05) is 0 Å². The van der Waals surface area contributed by atoms with E-state index in [1.54, 1.807) is 30.6 Å². The molecule has 2 rings (SSSR count). The predicted molar refractivity (Wildman–Crippen MR) is 71.4 cm³/mol. The number of carbonyl (C=O) groups excluding carboxylic acids is 1. The molecule has 0 aliphatic heterocycles. The molecule has 18 heavy (non-hydrogen) atoms. The van der Waals surface area contributed by atoms with E-state index in [0.717, 1.165) is 4.47 Å². The first-order valence-electron chi connectivity index (χ1n) is 5.04. The number of pyridine rings is 1. The normalized spacial score (nSPS) is 10.1. The van der Waals surface area contributed by atoms with E-state index in [0.29, 0.717) is 22.7 Å². The van der Waals surface area contributed by atoms with Crippen LogP contribution in [0.5, 0.6) is 11.5 Å². The van der Waals surface area contributed by atoms with E-state index in [2.05, 4.69) is 20.9 Å². The summed E-state index contributed by atoms with van der Waals surface area (Å²) >= 11 is 3.29. The number of hydrogen-bond acceptors (Lipinski definition) is 4. The van der Waals surface area contributed by atoms with Gasteiger partial charge in [0.25, 0.3) is 0 Å². The molecule has 0 aliphatic rings. The Morgan fingerprint density at radius 3 is 2.67 bits per heavy atom. The van der Waals surface area contributed by atoms with Gasteiger partial charge >= 0.3 is 0 Å². The largest absolute Gasteiger partial charge is 0.454 e. The Morgan fingerprint density at radius 2 is 2.06 bits per heavy atom. The number of aromatic nitrogens is 1. The van der Waals surface area contributed by atoms with Crippen molar-refractivity contribution in [1.29, 1.82) is 0 Å². The minimum atomic E-state index is -0.530. The Labute approximate surface area is 112 Å². The van der Waals surface area contributed by atoms with Crippen molar-refractivity contribution >= 4 is 27.5 Å². The molecule has 0 saturated heterocycles. The van der Waals surface area contributed by atoms with Gasteiger partial charge in [-0.3, -0.25) is 9.78 Å². The maximum atomic E-state index is 11.0. The van der Waals surface area contributed by atoms with E-state index in [1.807, 2.05) is 0 Å². The summed E-state index contributed by atoms with van der Waals surface area (Å²) in [5.74, 6) is 0.458. The van der Waals surface area contributed by atoms with Crippen LogP contribution in [-0.2, 0) is 0 Å². The summed E-state index contributed by atoms with van der Waals surface area (Å²) in [6.45, 7) is 0. The maximum Gasteiger partial charge on any atom is 0.248 e. The molecule has 1 amide bonds. The van der Waals surface area contributed by atoms with Gasteiger partial charge in [0.1, 0.15) is 11.5 Å². The SMILES string of the molecule is NC(=O)c1ccc(Oc2cncc(Br)c2)c(N)c1. The standard InChI is InChI=1S/C12H10BrN3O2/c13-8-4-9(6-16-5-8)18-11-2-1-7(12(15)17)3-10(11)14/h1-6H,14H2,(H2,15,17). The second-order valence-electron chi connectivity index (χ2n) is 3.56. The number of hydrogen-bond donors (Lipinski definition) is 2. The van der Waals surface area contributed by atoms with Gasteiger partial charge < -0.3 is 16.2 Å². The van der Waals surface area contributed by atoms with Crippen LogP contribution in [0.3, 0.4) is 0 Å². The first-order valence-corrected chi connectivity index (χ1v) is 5.83. The van der Waals surface area contributed by atoms with Gasteiger partial charge in [-0.05, 0) is 40.2 Å². The second-order valence-corrected chi connectivity index (χ2v) is 4.47. The summed E-state index contributed by atoms with van der Waals surface area (Å²) in [5.41, 5.74) is 11.6. The minimum Gasteiger partial charge on any atom is -0.454 e. The number of amides is 1. The molecule has 0 radical (unpaired) electrons. The van der Waals surface area contributed by atoms with Crippen LogP contribution in [0.2, 0.25) is 0 Å². The lowest BCUT2D eigenvalue weighted by Crippen LogP contribution is -2.11. The highest BCUT2D eigenvalue weighted by Crippen LogP contribution is 2.28. The molecule has 1 heterocycles. The minimum absolute atomic E-state index is 0.339. The lowest BCUT2D eigenvalue weighted by Gasteiger charge is -2.09. The lowest BCUT2D eigenvalue weighted by molar-refractivity contribution is 0.100. The number of nitrogen functional groups attached to an aromatic ring is 1. The maximum absolute atomic E-state index is 11.0. The molecule has 0 aliphatic carbocycles. The fraction of sp³-hybridized carbons (Fsp3) is 0. The van der Waals surface area contributed by atoms with Crippen molar-refractivity contribution in [2.45, 2.75) is 0 Å². The zero-order valence-electron chi connectivity index (χ0n) is 9.26. The number of primary amides is 1. The van der Waals surface area contributed by atoms with E-state index in [1.165, 1.54) is 6.07 Å². The molecule has 4 N–H and O–H groups in total. The molecular formula is C12H10BrN3O2. The van der Waals surface area contributed by atoms with E-state index in [4.69, 9.17) is 16.2 Å². The number of anilines is 1. The highest BCUT2D eigenvalue weighted by Gasteiger charge is 2.07. The van der Waals surface area contributed by atoms with Crippen molar-refractivity contribution in [2.24, 2.45) is 5.73 Å². The monoisotopic (exact) mass is 307 g/mol. The third-order valence-corrected chi connectivity index (χ3v) is 2.64. The van der Waals surface area contributed by atoms with E-state index >= 15 is 0 Å². The Bertz CT molecular complexity index is 602. The zero-order valence-corrected chi connectivity index (χ0v) is 10.8. The van der Waals surface area contributed by atoms with Crippen LogP contribution in [-0.4, -0.2) is 10.9 Å². The molecule has 0 fully saturated rings. The fourth-order valence-electron chi connectivity index (χ4n) is 1.37. The summed E-state index contributed by atoms with van der Waals surface area (Å²) in [6, 6.07) is 6.38. The smallest absolute Gasteiger partial charge is 0.248 e. The number of benzene rings is 1. The molecule has 1 aromatic carbocycles. The molecular weight excluding hydrogens is 298 g/mol. The quantitative estimate of drug-likeness (QED) is 0.851. The van der Waals surface area contributed by atoms with E-state index in [-0.39, 0.29) is 0 Å². The molecule has 0 atom stereocenters. The van der Waals surface area contributed by atoms with Gasteiger partial charge in [0.15, 0.2) is 0 Å². The van der Waals surface area contributed by atoms with E-state index in [9.17, 15) is 4.79 Å². The van der Waals surface area contributed by atoms with Crippen molar-refractivity contribution in [3.05, 3.63) is 46.7 Å². The summed E-state index contributed by atoms with van der Waals surface area (Å²) < 4.78 is 6.35. The second kappa shape index (κ2) is 5.05. The summed E-state index contributed by atoms with van der Waals surface area (Å²) in [7, 11) is 0. The van der Waals surface area contributed by atoms with Crippen LogP contribution >= 0.6 is 15.9 Å². The van der Waals surface area contributed by atoms with Crippen molar-refractivity contribution in [3.63, 3.8) is 0 Å². The topological polar surface area (TPSA) is 91.2 Å². The Morgan fingerprint density at radius 1 is 1.28 bits per heavy atom. The van der Waals surface area contributed by atoms with Crippen molar-refractivity contribution < 1.29 is 9.53 Å². The van der Waals surface area contributed by atoms with Gasteiger partial charge in [0.2, 0.25) is 5.91 Å². The number of halogens is 1. The first kappa shape index (κ1) is 12.4. The number of carbonyl (C=O) groups is 1. The third-order valence-electron chi connectivity index (χ3n) is 2.20. The molecule has 0 spiro atoms. The van der Waals surface area contributed by atoms with Gasteiger partial charge in [-0.25, -0.2) is 0 Å². The Hall–Kier alpha value is -2.08. The zero-order chi connectivity index (χ0) is 13.1. The number of ether oxygens (including phenoxy) is 1. The predicted octanol–water partition coefficient (Wildman–Crippen LogP) is 2.32.